The first-order valence-corrected chi connectivity index (χ1v) is 1.25. The lowest BCUT2D eigenvalue weighted by atomic mass is 10.7. The van der Waals surface area contributed by atoms with Crippen molar-refractivity contribution in [3.63, 3.8) is 0 Å². The van der Waals surface area contributed by atoms with E-state index in [1.165, 1.54) is 0 Å². The number of hydroxylamine groups is 1. The van der Waals surface area contributed by atoms with Gasteiger partial charge in [0.1, 0.15) is 6.26 Å². The molecule has 0 bridgehead atoms. The van der Waals surface area contributed by atoms with E-state index < -0.39 is 6.52 Å². The van der Waals surface area contributed by atoms with Crippen molar-refractivity contribution in [2.24, 2.45) is 0 Å². The van der Waals surface area contributed by atoms with Gasteiger partial charge in [-0.2, -0.15) is 5.47 Å². The number of hydrogen-bond donors (Lipinski definition) is 1. The number of nitrogens with one attached hydrogen (secondary N) is 1. The lowest BCUT2D eigenvalue weighted by Gasteiger charge is -1.82. The fraction of sp³-hybridized carbons (Fsp3) is 0.333. The lowest BCUT2D eigenvalue weighted by molar-refractivity contribution is 0.168. The molecule has 0 radical (unpaired) electrons. The summed E-state index contributed by atoms with van der Waals surface area (Å²) in [6, 6.07) is 0.0139. The van der Waals surface area contributed by atoms with Gasteiger partial charge in [0.25, 0.3) is 0 Å². The first-order chi connectivity index (χ1) is 3.72. The molecule has 2 nitrogen and oxygen atoms in total. The van der Waals surface area contributed by atoms with Crippen LogP contribution in [-0.4, -0.2) is 6.52 Å². The third-order valence-electron chi connectivity index (χ3n) is 0.309. The Morgan fingerprint density at radius 3 is 3.80 bits per heavy atom. The summed E-state index contributed by atoms with van der Waals surface area (Å²) in [7, 11) is 0. The van der Waals surface area contributed by atoms with Crippen LogP contribution in [0.5, 0.6) is 0 Å². The monoisotopic (exact) mass is 74.1 g/mol. The van der Waals surface area contributed by atoms with Crippen LogP contribution in [0.25, 0.3) is 0 Å². The maximum absolute atomic E-state index is 6.90. The quantitative estimate of drug-likeness (QED) is 0.438. The highest BCUT2D eigenvalue weighted by Gasteiger charge is 1.81. The second-order valence-electron chi connectivity index (χ2n) is 0.624. The highest BCUT2D eigenvalue weighted by Crippen LogP contribution is 1.77. The van der Waals surface area contributed by atoms with Crippen LogP contribution in [0.2, 0.25) is 1.41 Å². The molecule has 0 aromatic heterocycles. The molecule has 28 valence electrons. The summed E-state index contributed by atoms with van der Waals surface area (Å²) in [6.07, 6.45) is 1.07. The van der Waals surface area contributed by atoms with E-state index in [0.29, 0.717) is 5.47 Å². The molecule has 1 unspecified atom stereocenters. The topological polar surface area (TPSA) is 21.3 Å². The van der Waals surface area contributed by atoms with Gasteiger partial charge in [-0.25, -0.2) is 0 Å². The molecule has 1 heterocycles. The Morgan fingerprint density at radius 1 is 2.60 bits per heavy atom. The van der Waals surface area contributed by atoms with Crippen LogP contribution in [0.4, 0.5) is 0 Å². The third-order valence-corrected chi connectivity index (χ3v) is 0.309. The maximum atomic E-state index is 6.90. The molecule has 5 heavy (non-hydrogen) atoms. The Hall–Kier alpha value is -0.500. The van der Waals surface area contributed by atoms with Gasteiger partial charge in [-0.05, 0) is 6.05 Å². The summed E-state index contributed by atoms with van der Waals surface area (Å²) >= 11 is 0. The van der Waals surface area contributed by atoms with Gasteiger partial charge >= 0.3 is 0 Å². The van der Waals surface area contributed by atoms with Crippen molar-refractivity contribution in [1.82, 2.24) is 5.47 Å². The lowest BCUT2D eigenvalue weighted by Crippen LogP contribution is -2.02. The number of hydrogen-bond acceptors (Lipinski definition) is 2. The minimum Gasteiger partial charge on any atom is -0.417 e. The Morgan fingerprint density at radius 2 is 3.60 bits per heavy atom. The van der Waals surface area contributed by atoms with Gasteiger partial charge in [0.05, 0.1) is 9.26 Å². The molecule has 0 aliphatic carbocycles. The Labute approximate surface area is 34.7 Å². The standard InChI is InChI=1S/C3H5NO/c1-2-4-5-3-1/h1,3-4H,2H2/i1D,2D/hD. The van der Waals surface area contributed by atoms with Crippen molar-refractivity contribution in [2.45, 2.75) is 0 Å². The average Bonchev–Trinajstić information content (AvgIpc) is 1.98. The summed E-state index contributed by atoms with van der Waals surface area (Å²) in [5.74, 6) is 0. The predicted molar refractivity (Wildman–Crippen MR) is 18.2 cm³/mol. The SMILES string of the molecule is [2H]C1=CON([2H])C1[2H]. The minimum absolute atomic E-state index is 0.0139. The highest BCUT2D eigenvalue weighted by molar-refractivity contribution is 4.78. The molecule has 0 fully saturated rings. The molecule has 0 aromatic carbocycles. The smallest absolute Gasteiger partial charge is 0.169 e. The normalized spacial score (nSPS) is 48.4. The summed E-state index contributed by atoms with van der Waals surface area (Å²) in [4.78, 5) is 4.34. The van der Waals surface area contributed by atoms with Crippen LogP contribution in [0, 0.1) is 0 Å². The molecule has 0 aromatic rings. The molecule has 1 atom stereocenters. The van der Waals surface area contributed by atoms with E-state index in [-0.39, 0.29) is 6.05 Å². The molecule has 0 amide bonds. The van der Waals surface area contributed by atoms with Crippen molar-refractivity contribution in [2.75, 3.05) is 6.52 Å². The second-order valence-corrected chi connectivity index (χ2v) is 0.624. The molecular formula is C3H5NO. The van der Waals surface area contributed by atoms with E-state index in [2.05, 4.69) is 4.84 Å². The molecular weight excluding hydrogens is 66.0 g/mol. The van der Waals surface area contributed by atoms with Crippen LogP contribution in [0.3, 0.4) is 0 Å². The van der Waals surface area contributed by atoms with Crippen LogP contribution >= 0.6 is 0 Å². The fourth-order valence-electron chi connectivity index (χ4n) is 0.152. The Balaban J connectivity index is 2.59. The van der Waals surface area contributed by atoms with E-state index in [4.69, 9.17) is 4.15 Å². The molecule has 0 saturated carbocycles. The fourth-order valence-corrected chi connectivity index (χ4v) is 0.152. The van der Waals surface area contributed by atoms with Crippen LogP contribution in [-0.2, 0) is 4.84 Å². The largest absolute Gasteiger partial charge is 0.417 e. The minimum atomic E-state index is -0.963. The van der Waals surface area contributed by atoms with Crippen molar-refractivity contribution in [3.8, 4) is 0 Å². The molecule has 0 spiro atoms. The van der Waals surface area contributed by atoms with Gasteiger partial charge in [-0.3, -0.25) is 0 Å². The van der Waals surface area contributed by atoms with Gasteiger partial charge < -0.3 is 4.84 Å². The zero-order chi connectivity index (χ0) is 6.15. The van der Waals surface area contributed by atoms with Crippen LogP contribution in [0.1, 0.15) is 2.74 Å². The van der Waals surface area contributed by atoms with Gasteiger partial charge in [0, 0.05) is 0 Å². The van der Waals surface area contributed by atoms with Gasteiger partial charge in [0.2, 0.25) is 0 Å². The first kappa shape index (κ1) is 0.980. The molecule has 1 aliphatic rings. The van der Waals surface area contributed by atoms with E-state index >= 15 is 0 Å². The van der Waals surface area contributed by atoms with Gasteiger partial charge in [0.15, 0.2) is 1.41 Å². The van der Waals surface area contributed by atoms with Crippen LogP contribution in [0.15, 0.2) is 12.3 Å². The summed E-state index contributed by atoms with van der Waals surface area (Å²) in [5.41, 5.74) is 0.558. The molecule has 1 N–H and O–H groups in total. The third kappa shape index (κ3) is 0.389. The summed E-state index contributed by atoms with van der Waals surface area (Å²) < 4.78 is 20.5. The van der Waals surface area contributed by atoms with Crippen molar-refractivity contribution < 1.29 is 8.99 Å². The molecule has 1 rings (SSSR count). The zero-order valence-corrected chi connectivity index (χ0v) is 2.51. The molecule has 2 heteroatoms. The van der Waals surface area contributed by atoms with Crippen molar-refractivity contribution >= 4 is 0 Å². The molecule has 1 aliphatic heterocycles. The van der Waals surface area contributed by atoms with Crippen molar-refractivity contribution in [1.29, 1.82) is 0 Å². The van der Waals surface area contributed by atoms with E-state index in [9.17, 15) is 0 Å². The van der Waals surface area contributed by atoms with E-state index in [1.807, 2.05) is 0 Å². The number of rotatable bonds is 0. The van der Waals surface area contributed by atoms with Gasteiger partial charge in [-0.1, -0.05) is 0 Å². The summed E-state index contributed by atoms with van der Waals surface area (Å²) in [6.45, 7) is -0.963. The molecule has 0 saturated heterocycles. The first-order valence-electron chi connectivity index (χ1n) is 2.78. The van der Waals surface area contributed by atoms with E-state index in [1.54, 1.807) is 0 Å². The van der Waals surface area contributed by atoms with Crippen molar-refractivity contribution in [3.05, 3.63) is 12.3 Å². The Kier molecular flexibility index (Phi) is 0.212. The average molecular weight is 74.1 g/mol. The van der Waals surface area contributed by atoms with Gasteiger partial charge in [-0.15, -0.1) is 0 Å². The Bertz CT molecular complexity index is 126. The highest BCUT2D eigenvalue weighted by atomic mass is 16.6. The van der Waals surface area contributed by atoms with Crippen LogP contribution < -0.4 is 5.47 Å². The zero-order valence-electron chi connectivity index (χ0n) is 5.51. The van der Waals surface area contributed by atoms with E-state index in [0.717, 1.165) is 6.26 Å². The second kappa shape index (κ2) is 1.08. The predicted octanol–water partition coefficient (Wildman–Crippen LogP) is 0.0349. The summed E-state index contributed by atoms with van der Waals surface area (Å²) in [5, 5.41) is 0. The maximum Gasteiger partial charge on any atom is 0.169 e.